The van der Waals surface area contributed by atoms with E-state index in [9.17, 15) is 4.79 Å². The maximum absolute atomic E-state index is 12.1. The topological polar surface area (TPSA) is 22.0 Å². The van der Waals surface area contributed by atoms with Crippen molar-refractivity contribution < 1.29 is 0 Å². The predicted molar refractivity (Wildman–Crippen MR) is 68.1 cm³/mol. The SMILES string of the molecule is Cc1cc2c(C)c(C)n(C)c(=O)c2cc1C. The van der Waals surface area contributed by atoms with Crippen molar-refractivity contribution in [1.29, 1.82) is 0 Å². The molecule has 2 rings (SSSR count). The molecule has 16 heavy (non-hydrogen) atoms. The largest absolute Gasteiger partial charge is 0.315 e. The van der Waals surface area contributed by atoms with Crippen molar-refractivity contribution in [3.63, 3.8) is 0 Å². The number of aromatic nitrogens is 1. The van der Waals surface area contributed by atoms with Crippen molar-refractivity contribution in [1.82, 2.24) is 4.57 Å². The lowest BCUT2D eigenvalue weighted by Gasteiger charge is -2.12. The molecule has 0 amide bonds. The van der Waals surface area contributed by atoms with E-state index in [0.717, 1.165) is 16.5 Å². The van der Waals surface area contributed by atoms with E-state index in [1.54, 1.807) is 4.57 Å². The molecule has 2 heteroatoms. The zero-order valence-electron chi connectivity index (χ0n) is 10.5. The Kier molecular flexibility index (Phi) is 2.38. The Morgan fingerprint density at radius 1 is 0.938 bits per heavy atom. The first-order chi connectivity index (χ1) is 7.43. The van der Waals surface area contributed by atoms with E-state index in [0.29, 0.717) is 0 Å². The Balaban J connectivity index is 3.09. The van der Waals surface area contributed by atoms with Crippen LogP contribution in [0.4, 0.5) is 0 Å². The molecule has 0 bridgehead atoms. The molecule has 0 aliphatic carbocycles. The maximum Gasteiger partial charge on any atom is 0.258 e. The zero-order valence-corrected chi connectivity index (χ0v) is 10.5. The van der Waals surface area contributed by atoms with Gasteiger partial charge in [0, 0.05) is 18.1 Å². The summed E-state index contributed by atoms with van der Waals surface area (Å²) >= 11 is 0. The first-order valence-corrected chi connectivity index (χ1v) is 5.50. The van der Waals surface area contributed by atoms with Crippen molar-refractivity contribution in [2.75, 3.05) is 0 Å². The summed E-state index contributed by atoms with van der Waals surface area (Å²) in [6.07, 6.45) is 0. The molecule has 0 spiro atoms. The van der Waals surface area contributed by atoms with E-state index in [4.69, 9.17) is 0 Å². The van der Waals surface area contributed by atoms with Crippen molar-refractivity contribution >= 4 is 10.8 Å². The second kappa shape index (κ2) is 3.48. The minimum atomic E-state index is 0.0983. The Morgan fingerprint density at radius 2 is 1.44 bits per heavy atom. The molecule has 0 fully saturated rings. The molecule has 0 aliphatic heterocycles. The summed E-state index contributed by atoms with van der Waals surface area (Å²) in [5.41, 5.74) is 4.75. The fourth-order valence-electron chi connectivity index (χ4n) is 2.08. The Labute approximate surface area is 95.5 Å². The summed E-state index contributed by atoms with van der Waals surface area (Å²) in [6, 6.07) is 4.12. The van der Waals surface area contributed by atoms with Gasteiger partial charge < -0.3 is 4.57 Å². The molecule has 2 nitrogen and oxygen atoms in total. The van der Waals surface area contributed by atoms with Crippen LogP contribution in [-0.4, -0.2) is 4.57 Å². The smallest absolute Gasteiger partial charge is 0.258 e. The monoisotopic (exact) mass is 215 g/mol. The third-order valence-corrected chi connectivity index (χ3v) is 3.62. The van der Waals surface area contributed by atoms with Gasteiger partial charge in [0.15, 0.2) is 0 Å². The molecule has 0 aliphatic rings. The van der Waals surface area contributed by atoms with Crippen LogP contribution in [0.2, 0.25) is 0 Å². The molecule has 1 aromatic carbocycles. The van der Waals surface area contributed by atoms with Crippen molar-refractivity contribution in [3.8, 4) is 0 Å². The van der Waals surface area contributed by atoms with Crippen molar-refractivity contribution in [3.05, 3.63) is 44.9 Å². The fraction of sp³-hybridized carbons (Fsp3) is 0.357. The van der Waals surface area contributed by atoms with Gasteiger partial charge in [-0.15, -0.1) is 0 Å². The van der Waals surface area contributed by atoms with Gasteiger partial charge >= 0.3 is 0 Å². The van der Waals surface area contributed by atoms with Gasteiger partial charge in [-0.2, -0.15) is 0 Å². The average Bonchev–Trinajstić information content (AvgIpc) is 2.26. The number of benzene rings is 1. The molecule has 0 saturated heterocycles. The van der Waals surface area contributed by atoms with Gasteiger partial charge in [-0.3, -0.25) is 4.79 Å². The van der Waals surface area contributed by atoms with Crippen LogP contribution in [0.15, 0.2) is 16.9 Å². The first kappa shape index (κ1) is 10.9. The summed E-state index contributed by atoms with van der Waals surface area (Å²) < 4.78 is 1.73. The van der Waals surface area contributed by atoms with Gasteiger partial charge in [0.1, 0.15) is 0 Å². The minimum absolute atomic E-state index is 0.0983. The Hall–Kier alpha value is -1.57. The van der Waals surface area contributed by atoms with Gasteiger partial charge in [-0.1, -0.05) is 6.07 Å². The molecule has 1 aromatic heterocycles. The average molecular weight is 215 g/mol. The van der Waals surface area contributed by atoms with Crippen LogP contribution < -0.4 is 5.56 Å². The second-order valence-corrected chi connectivity index (χ2v) is 4.56. The summed E-state index contributed by atoms with van der Waals surface area (Å²) in [6.45, 7) is 8.20. The van der Waals surface area contributed by atoms with E-state index in [2.05, 4.69) is 19.9 Å². The highest BCUT2D eigenvalue weighted by Crippen LogP contribution is 2.21. The molecule has 84 valence electrons. The Bertz CT molecular complexity index is 635. The van der Waals surface area contributed by atoms with Crippen molar-refractivity contribution in [2.45, 2.75) is 27.7 Å². The molecule has 2 aromatic rings. The first-order valence-electron chi connectivity index (χ1n) is 5.50. The van der Waals surface area contributed by atoms with Gasteiger partial charge in [0.05, 0.1) is 0 Å². The van der Waals surface area contributed by atoms with Crippen LogP contribution in [0.1, 0.15) is 22.4 Å². The second-order valence-electron chi connectivity index (χ2n) is 4.56. The van der Waals surface area contributed by atoms with Crippen LogP contribution >= 0.6 is 0 Å². The molecular weight excluding hydrogens is 198 g/mol. The third-order valence-electron chi connectivity index (χ3n) is 3.62. The third kappa shape index (κ3) is 1.37. The number of aryl methyl sites for hydroxylation is 3. The molecule has 0 radical (unpaired) electrons. The molecule has 0 saturated carbocycles. The Morgan fingerprint density at radius 3 is 2.00 bits per heavy atom. The van der Waals surface area contributed by atoms with Gasteiger partial charge in [0.2, 0.25) is 0 Å². The highest BCUT2D eigenvalue weighted by atomic mass is 16.1. The van der Waals surface area contributed by atoms with E-state index < -0.39 is 0 Å². The quantitative estimate of drug-likeness (QED) is 0.662. The van der Waals surface area contributed by atoms with E-state index in [1.165, 1.54) is 16.7 Å². The van der Waals surface area contributed by atoms with Crippen LogP contribution in [0, 0.1) is 27.7 Å². The normalized spacial score (nSPS) is 11.1. The molecule has 0 N–H and O–H groups in total. The number of hydrogen-bond acceptors (Lipinski definition) is 1. The lowest BCUT2D eigenvalue weighted by atomic mass is 10.00. The summed E-state index contributed by atoms with van der Waals surface area (Å²) in [4.78, 5) is 12.1. The van der Waals surface area contributed by atoms with Gasteiger partial charge in [-0.25, -0.2) is 0 Å². The number of nitrogens with zero attached hydrogens (tertiary/aromatic N) is 1. The van der Waals surface area contributed by atoms with E-state index in [-0.39, 0.29) is 5.56 Å². The summed E-state index contributed by atoms with van der Waals surface area (Å²) in [5, 5.41) is 1.91. The maximum atomic E-state index is 12.1. The zero-order chi connectivity index (χ0) is 12.0. The highest BCUT2D eigenvalue weighted by molar-refractivity contribution is 5.86. The lowest BCUT2D eigenvalue weighted by Crippen LogP contribution is -2.20. The number of hydrogen-bond donors (Lipinski definition) is 0. The van der Waals surface area contributed by atoms with Gasteiger partial charge in [0.25, 0.3) is 5.56 Å². The fourth-order valence-corrected chi connectivity index (χ4v) is 2.08. The lowest BCUT2D eigenvalue weighted by molar-refractivity contribution is 0.821. The predicted octanol–water partition coefficient (Wildman–Crippen LogP) is 2.77. The number of fused-ring (bicyclic) bond motifs is 1. The molecular formula is C14H17NO. The highest BCUT2D eigenvalue weighted by Gasteiger charge is 2.09. The van der Waals surface area contributed by atoms with E-state index in [1.807, 2.05) is 27.0 Å². The minimum Gasteiger partial charge on any atom is -0.315 e. The molecule has 1 heterocycles. The van der Waals surface area contributed by atoms with Crippen LogP contribution in [0.3, 0.4) is 0 Å². The van der Waals surface area contributed by atoms with Crippen LogP contribution in [0.25, 0.3) is 10.8 Å². The van der Waals surface area contributed by atoms with Gasteiger partial charge in [-0.05, 0) is 55.8 Å². The standard InChI is InChI=1S/C14H17NO/c1-8-6-12-10(3)11(4)15(5)14(16)13(12)7-9(8)2/h6-7H,1-5H3. The number of rotatable bonds is 0. The van der Waals surface area contributed by atoms with Crippen LogP contribution in [0.5, 0.6) is 0 Å². The van der Waals surface area contributed by atoms with E-state index >= 15 is 0 Å². The van der Waals surface area contributed by atoms with Crippen LogP contribution in [-0.2, 0) is 7.05 Å². The van der Waals surface area contributed by atoms with Crippen molar-refractivity contribution in [2.24, 2.45) is 7.05 Å². The summed E-state index contributed by atoms with van der Waals surface area (Å²) in [7, 11) is 1.83. The number of pyridine rings is 1. The summed E-state index contributed by atoms with van der Waals surface area (Å²) in [5.74, 6) is 0. The molecule has 0 unspecified atom stereocenters. The molecule has 0 atom stereocenters.